The van der Waals surface area contributed by atoms with Crippen LogP contribution >= 0.6 is 12.2 Å². The maximum atomic E-state index is 12.4. The van der Waals surface area contributed by atoms with Gasteiger partial charge in [0.05, 0.1) is 0 Å². The average Bonchev–Trinajstić information content (AvgIpc) is 3.03. The second-order valence-corrected chi connectivity index (χ2v) is 7.14. The lowest BCUT2D eigenvalue weighted by molar-refractivity contribution is -0.121. The molecule has 2 aromatic carbocycles. The van der Waals surface area contributed by atoms with Crippen LogP contribution in [0.1, 0.15) is 30.4 Å². The summed E-state index contributed by atoms with van der Waals surface area (Å²) in [7, 11) is 0. The van der Waals surface area contributed by atoms with Crippen molar-refractivity contribution in [3.05, 3.63) is 70.5 Å². The van der Waals surface area contributed by atoms with E-state index in [2.05, 4.69) is 34.6 Å². The highest BCUT2D eigenvalue weighted by atomic mass is 32.1. The Hall–Kier alpha value is -2.73. The molecular formula is C21H24N4OS. The monoisotopic (exact) mass is 380 g/mol. The Labute approximate surface area is 164 Å². The molecule has 6 heteroatoms. The Bertz CT molecular complexity index is 944. The van der Waals surface area contributed by atoms with Gasteiger partial charge in [-0.1, -0.05) is 67.1 Å². The van der Waals surface area contributed by atoms with Crippen LogP contribution in [0.2, 0.25) is 0 Å². The predicted molar refractivity (Wildman–Crippen MR) is 110 cm³/mol. The van der Waals surface area contributed by atoms with Crippen molar-refractivity contribution in [2.75, 3.05) is 6.54 Å². The number of benzene rings is 2. The summed E-state index contributed by atoms with van der Waals surface area (Å²) in [5.41, 5.74) is 3.38. The maximum Gasteiger partial charge on any atom is 0.240 e. The number of H-pyrrole nitrogens is 1. The summed E-state index contributed by atoms with van der Waals surface area (Å²) in [4.78, 5) is 12.4. The summed E-state index contributed by atoms with van der Waals surface area (Å²) in [5, 5.41) is 10.1. The second kappa shape index (κ2) is 8.77. The smallest absolute Gasteiger partial charge is 0.240 e. The summed E-state index contributed by atoms with van der Waals surface area (Å²) in [5.74, 6) is 1.000. The molecule has 140 valence electrons. The quantitative estimate of drug-likeness (QED) is 0.603. The van der Waals surface area contributed by atoms with Gasteiger partial charge >= 0.3 is 0 Å². The van der Waals surface area contributed by atoms with Gasteiger partial charge in [-0.25, -0.2) is 0 Å². The summed E-state index contributed by atoms with van der Waals surface area (Å²) in [6.07, 6.45) is 0.886. The van der Waals surface area contributed by atoms with Crippen molar-refractivity contribution >= 4 is 18.1 Å². The summed E-state index contributed by atoms with van der Waals surface area (Å²) in [6, 6.07) is 18.3. The Morgan fingerprint density at radius 1 is 1.19 bits per heavy atom. The van der Waals surface area contributed by atoms with E-state index in [1.807, 2.05) is 49.4 Å². The normalized spacial score (nSPS) is 11.9. The molecule has 0 aliphatic carbocycles. The fourth-order valence-corrected chi connectivity index (χ4v) is 3.16. The van der Waals surface area contributed by atoms with Crippen LogP contribution < -0.4 is 5.32 Å². The number of nitrogens with one attached hydrogen (secondary N) is 2. The van der Waals surface area contributed by atoms with Crippen LogP contribution in [0.3, 0.4) is 0 Å². The van der Waals surface area contributed by atoms with Gasteiger partial charge in [-0.15, -0.1) is 0 Å². The second-order valence-electron chi connectivity index (χ2n) is 6.75. The highest BCUT2D eigenvalue weighted by Crippen LogP contribution is 2.19. The number of aromatic nitrogens is 3. The molecule has 0 saturated carbocycles. The topological polar surface area (TPSA) is 62.7 Å². The zero-order valence-corrected chi connectivity index (χ0v) is 16.4. The van der Waals surface area contributed by atoms with Crippen molar-refractivity contribution in [3.63, 3.8) is 0 Å². The van der Waals surface area contributed by atoms with Crippen LogP contribution in [0.4, 0.5) is 0 Å². The van der Waals surface area contributed by atoms with Crippen LogP contribution in [0.15, 0.2) is 54.6 Å². The van der Waals surface area contributed by atoms with Gasteiger partial charge in [-0.3, -0.25) is 14.5 Å². The highest BCUT2D eigenvalue weighted by molar-refractivity contribution is 7.71. The largest absolute Gasteiger partial charge is 0.355 e. The van der Waals surface area contributed by atoms with E-state index in [0.29, 0.717) is 23.1 Å². The number of hydrogen-bond donors (Lipinski definition) is 2. The van der Waals surface area contributed by atoms with E-state index < -0.39 is 0 Å². The molecule has 1 amide bonds. The molecule has 0 aliphatic rings. The first-order chi connectivity index (χ1) is 13.0. The van der Waals surface area contributed by atoms with Gasteiger partial charge in [0.25, 0.3) is 0 Å². The molecule has 1 aromatic heterocycles. The lowest BCUT2D eigenvalue weighted by Crippen LogP contribution is -2.29. The first kappa shape index (κ1) is 19.0. The van der Waals surface area contributed by atoms with Gasteiger partial charge in [0.15, 0.2) is 10.6 Å². The van der Waals surface area contributed by atoms with Gasteiger partial charge in [-0.2, -0.15) is 5.10 Å². The van der Waals surface area contributed by atoms with Crippen LogP contribution in [0.5, 0.6) is 0 Å². The molecule has 1 heterocycles. The third-order valence-electron chi connectivity index (χ3n) is 4.64. The molecule has 1 unspecified atom stereocenters. The van der Waals surface area contributed by atoms with E-state index in [4.69, 9.17) is 12.2 Å². The van der Waals surface area contributed by atoms with Crippen LogP contribution in [0, 0.1) is 11.7 Å². The average molecular weight is 381 g/mol. The minimum Gasteiger partial charge on any atom is -0.355 e. The standard InChI is InChI=1S/C21H24N4OS/c1-15-8-10-18(11-9-15)20-23-24-21(27)25(20)14-19(26)22-13-12-16(2)17-6-4-3-5-7-17/h3-11,16H,12-14H2,1-2H3,(H,22,26)(H,24,27). The zero-order valence-electron chi connectivity index (χ0n) is 15.6. The fourth-order valence-electron chi connectivity index (χ4n) is 2.96. The Kier molecular flexibility index (Phi) is 6.19. The molecule has 0 bridgehead atoms. The maximum absolute atomic E-state index is 12.4. The Morgan fingerprint density at radius 2 is 1.89 bits per heavy atom. The number of aromatic amines is 1. The predicted octanol–water partition coefficient (Wildman–Crippen LogP) is 4.23. The lowest BCUT2D eigenvalue weighted by atomic mass is 9.98. The summed E-state index contributed by atoms with van der Waals surface area (Å²) >= 11 is 5.30. The van der Waals surface area contributed by atoms with Crippen molar-refractivity contribution in [2.45, 2.75) is 32.7 Å². The van der Waals surface area contributed by atoms with E-state index in [1.54, 1.807) is 4.57 Å². The molecule has 2 N–H and O–H groups in total. The minimum absolute atomic E-state index is 0.0684. The number of carbonyl (C=O) groups excluding carboxylic acids is 1. The SMILES string of the molecule is Cc1ccc(-c2n[nH]c(=S)n2CC(=O)NCCC(C)c2ccccc2)cc1. The number of aryl methyl sites for hydroxylation is 1. The van der Waals surface area contributed by atoms with E-state index in [-0.39, 0.29) is 12.5 Å². The zero-order chi connectivity index (χ0) is 19.2. The van der Waals surface area contributed by atoms with Crippen molar-refractivity contribution in [3.8, 4) is 11.4 Å². The van der Waals surface area contributed by atoms with Gasteiger partial charge in [0.1, 0.15) is 6.54 Å². The number of nitrogens with zero attached hydrogens (tertiary/aromatic N) is 2. The van der Waals surface area contributed by atoms with Gasteiger partial charge in [0.2, 0.25) is 5.91 Å². The summed E-state index contributed by atoms with van der Waals surface area (Å²) < 4.78 is 2.18. The van der Waals surface area contributed by atoms with Crippen LogP contribution in [0.25, 0.3) is 11.4 Å². The molecule has 0 spiro atoms. The fraction of sp³-hybridized carbons (Fsp3) is 0.286. The molecule has 0 radical (unpaired) electrons. The molecule has 3 rings (SSSR count). The van der Waals surface area contributed by atoms with E-state index in [0.717, 1.165) is 12.0 Å². The molecule has 3 aromatic rings. The molecule has 0 fully saturated rings. The highest BCUT2D eigenvalue weighted by Gasteiger charge is 2.13. The third-order valence-corrected chi connectivity index (χ3v) is 4.95. The molecule has 0 saturated heterocycles. The van der Waals surface area contributed by atoms with E-state index in [9.17, 15) is 4.79 Å². The van der Waals surface area contributed by atoms with Gasteiger partial charge in [-0.05, 0) is 37.0 Å². The van der Waals surface area contributed by atoms with Crippen molar-refractivity contribution in [2.24, 2.45) is 0 Å². The molecular weight excluding hydrogens is 356 g/mol. The van der Waals surface area contributed by atoms with Gasteiger partial charge < -0.3 is 5.32 Å². The Morgan fingerprint density at radius 3 is 2.59 bits per heavy atom. The first-order valence-electron chi connectivity index (χ1n) is 9.08. The molecule has 27 heavy (non-hydrogen) atoms. The van der Waals surface area contributed by atoms with Crippen molar-refractivity contribution in [1.82, 2.24) is 20.1 Å². The molecule has 1 atom stereocenters. The number of amides is 1. The Balaban J connectivity index is 1.59. The number of hydrogen-bond acceptors (Lipinski definition) is 3. The lowest BCUT2D eigenvalue weighted by Gasteiger charge is -2.13. The van der Waals surface area contributed by atoms with Gasteiger partial charge in [0, 0.05) is 12.1 Å². The van der Waals surface area contributed by atoms with E-state index >= 15 is 0 Å². The van der Waals surface area contributed by atoms with Crippen molar-refractivity contribution in [1.29, 1.82) is 0 Å². The van der Waals surface area contributed by atoms with Crippen molar-refractivity contribution < 1.29 is 4.79 Å². The number of carbonyl (C=O) groups is 1. The number of rotatable bonds is 7. The third kappa shape index (κ3) is 4.92. The van der Waals surface area contributed by atoms with Crippen LogP contribution in [-0.2, 0) is 11.3 Å². The first-order valence-corrected chi connectivity index (χ1v) is 9.49. The molecule has 0 aliphatic heterocycles. The minimum atomic E-state index is -0.0684. The summed E-state index contributed by atoms with van der Waals surface area (Å²) in [6.45, 7) is 4.98. The van der Waals surface area contributed by atoms with Crippen LogP contribution in [-0.4, -0.2) is 27.2 Å². The molecule has 5 nitrogen and oxygen atoms in total. The van der Waals surface area contributed by atoms with E-state index in [1.165, 1.54) is 11.1 Å².